The maximum Gasteiger partial charge on any atom is 0.410 e. The van der Waals surface area contributed by atoms with Crippen LogP contribution in [0, 0.1) is 17.1 Å². The number of hydrogen-bond acceptors (Lipinski definition) is 4. The van der Waals surface area contributed by atoms with Crippen molar-refractivity contribution in [3.05, 3.63) is 29.6 Å². The third kappa shape index (κ3) is 3.62. The molecule has 1 amide bonds. The molecule has 6 heteroatoms. The number of nitriles is 1. The minimum absolute atomic E-state index is 0.114. The monoisotopic (exact) mass is 359 g/mol. The van der Waals surface area contributed by atoms with Crippen LogP contribution in [0.2, 0.25) is 0 Å². The number of piperazine rings is 1. The minimum atomic E-state index is -0.463. The third-order valence-corrected chi connectivity index (χ3v) is 5.43. The molecule has 0 aromatic heterocycles. The molecule has 2 aliphatic rings. The molecular formula is C20H26FN3O2. The van der Waals surface area contributed by atoms with Crippen molar-refractivity contribution < 1.29 is 13.9 Å². The molecule has 5 nitrogen and oxygen atoms in total. The van der Waals surface area contributed by atoms with Gasteiger partial charge in [0.25, 0.3) is 0 Å². The van der Waals surface area contributed by atoms with Crippen LogP contribution < -0.4 is 4.90 Å². The molecule has 0 N–H and O–H groups in total. The van der Waals surface area contributed by atoms with E-state index in [0.717, 1.165) is 31.4 Å². The molecule has 0 aliphatic carbocycles. The van der Waals surface area contributed by atoms with Crippen molar-refractivity contribution in [1.82, 2.24) is 4.90 Å². The van der Waals surface area contributed by atoms with Gasteiger partial charge in [-0.1, -0.05) is 19.4 Å². The van der Waals surface area contributed by atoms with E-state index in [-0.39, 0.29) is 24.0 Å². The number of hydrogen-bond donors (Lipinski definition) is 0. The first-order valence-corrected chi connectivity index (χ1v) is 9.44. The van der Waals surface area contributed by atoms with E-state index in [2.05, 4.69) is 17.9 Å². The molecule has 0 spiro atoms. The highest BCUT2D eigenvalue weighted by molar-refractivity contribution is 5.70. The molecule has 1 aromatic carbocycles. The van der Waals surface area contributed by atoms with E-state index in [0.29, 0.717) is 25.3 Å². The molecule has 26 heavy (non-hydrogen) atoms. The van der Waals surface area contributed by atoms with Crippen LogP contribution in [0.15, 0.2) is 18.2 Å². The van der Waals surface area contributed by atoms with Gasteiger partial charge in [0, 0.05) is 24.3 Å². The highest BCUT2D eigenvalue weighted by atomic mass is 19.1. The van der Waals surface area contributed by atoms with Gasteiger partial charge in [-0.05, 0) is 38.3 Å². The van der Waals surface area contributed by atoms with E-state index < -0.39 is 5.92 Å². The van der Waals surface area contributed by atoms with E-state index in [1.165, 1.54) is 6.07 Å². The Kier molecular flexibility index (Phi) is 5.65. The summed E-state index contributed by atoms with van der Waals surface area (Å²) in [5.41, 5.74) is 1.24. The summed E-state index contributed by atoms with van der Waals surface area (Å²) in [7, 11) is 0. The maximum atomic E-state index is 14.4. The summed E-state index contributed by atoms with van der Waals surface area (Å²) in [6, 6.07) is 7.39. The summed E-state index contributed by atoms with van der Waals surface area (Å²) < 4.78 is 19.8. The number of benzene rings is 1. The summed E-state index contributed by atoms with van der Waals surface area (Å²) >= 11 is 0. The fourth-order valence-corrected chi connectivity index (χ4v) is 3.92. The van der Waals surface area contributed by atoms with Crippen LogP contribution in [0.4, 0.5) is 14.9 Å². The van der Waals surface area contributed by atoms with Crippen LogP contribution in [-0.4, -0.2) is 42.8 Å². The van der Waals surface area contributed by atoms with Gasteiger partial charge in [0.05, 0.1) is 30.7 Å². The quantitative estimate of drug-likeness (QED) is 0.745. The number of fused-ring (bicyclic) bond motifs is 2. The standard InChI is InChI=1S/C20H26FN3O2/c1-3-4-9-26-20(25)24-16-5-6-17(24)13-23(12-16)15-7-8-18(14(2)11-22)19(21)10-15/h7-8,10,14,16-17H,3-6,9,12-13H2,1-2H3. The molecule has 1 aromatic rings. The molecule has 3 rings (SSSR count). The smallest absolute Gasteiger partial charge is 0.410 e. The van der Waals surface area contributed by atoms with Crippen molar-refractivity contribution >= 4 is 11.8 Å². The fraction of sp³-hybridized carbons (Fsp3) is 0.600. The molecule has 0 saturated carbocycles. The van der Waals surface area contributed by atoms with E-state index >= 15 is 0 Å². The number of carbonyl (C=O) groups excluding carboxylic acids is 1. The van der Waals surface area contributed by atoms with Crippen molar-refractivity contribution in [2.24, 2.45) is 0 Å². The predicted molar refractivity (Wildman–Crippen MR) is 97.5 cm³/mol. The topological polar surface area (TPSA) is 56.6 Å². The lowest BCUT2D eigenvalue weighted by molar-refractivity contribution is 0.0777. The Morgan fingerprint density at radius 2 is 2.08 bits per heavy atom. The number of nitrogens with zero attached hydrogens (tertiary/aromatic N) is 3. The van der Waals surface area contributed by atoms with Crippen molar-refractivity contribution in [3.63, 3.8) is 0 Å². The third-order valence-electron chi connectivity index (χ3n) is 5.43. The van der Waals surface area contributed by atoms with Gasteiger partial charge < -0.3 is 9.64 Å². The average molecular weight is 359 g/mol. The SMILES string of the molecule is CCCCOC(=O)N1C2CCC1CN(c1ccc(C(C)C#N)c(F)c1)C2. The summed E-state index contributed by atoms with van der Waals surface area (Å²) in [5.74, 6) is -0.805. The van der Waals surface area contributed by atoms with E-state index in [9.17, 15) is 9.18 Å². The Bertz CT molecular complexity index is 689. The molecule has 3 atom stereocenters. The Morgan fingerprint density at radius 1 is 1.38 bits per heavy atom. The number of halogens is 1. The van der Waals surface area contributed by atoms with Gasteiger partial charge in [0.2, 0.25) is 0 Å². The van der Waals surface area contributed by atoms with Gasteiger partial charge in [-0.25, -0.2) is 9.18 Å². The molecule has 2 aliphatic heterocycles. The first-order chi connectivity index (χ1) is 12.5. The van der Waals surface area contributed by atoms with Gasteiger partial charge in [0.1, 0.15) is 5.82 Å². The van der Waals surface area contributed by atoms with Crippen LogP contribution >= 0.6 is 0 Å². The second-order valence-electron chi connectivity index (χ2n) is 7.22. The Hall–Kier alpha value is -2.29. The summed E-state index contributed by atoms with van der Waals surface area (Å²) in [4.78, 5) is 16.4. The van der Waals surface area contributed by atoms with Gasteiger partial charge in [-0.15, -0.1) is 0 Å². The van der Waals surface area contributed by atoms with Gasteiger partial charge in [0.15, 0.2) is 0 Å². The Morgan fingerprint density at radius 3 is 2.65 bits per heavy atom. The molecule has 0 radical (unpaired) electrons. The van der Waals surface area contributed by atoms with Gasteiger partial charge in [-0.3, -0.25) is 4.90 Å². The van der Waals surface area contributed by atoms with E-state index in [1.807, 2.05) is 11.0 Å². The first-order valence-electron chi connectivity index (χ1n) is 9.44. The van der Waals surface area contributed by atoms with Crippen molar-refractivity contribution in [2.45, 2.75) is 57.5 Å². The van der Waals surface area contributed by atoms with Crippen molar-refractivity contribution in [3.8, 4) is 6.07 Å². The lowest BCUT2D eigenvalue weighted by atomic mass is 10.0. The number of amides is 1. The number of rotatable bonds is 5. The Labute approximate surface area is 154 Å². The molecule has 140 valence electrons. The van der Waals surface area contributed by atoms with Crippen molar-refractivity contribution in [2.75, 3.05) is 24.6 Å². The van der Waals surface area contributed by atoms with Gasteiger partial charge in [-0.2, -0.15) is 5.26 Å². The number of carbonyl (C=O) groups is 1. The second-order valence-corrected chi connectivity index (χ2v) is 7.22. The highest BCUT2D eigenvalue weighted by Crippen LogP contribution is 2.34. The molecule has 2 saturated heterocycles. The first kappa shape index (κ1) is 18.5. The fourth-order valence-electron chi connectivity index (χ4n) is 3.92. The minimum Gasteiger partial charge on any atom is -0.449 e. The van der Waals surface area contributed by atoms with E-state index in [1.54, 1.807) is 13.0 Å². The van der Waals surface area contributed by atoms with Crippen LogP contribution in [0.1, 0.15) is 51.0 Å². The molecule has 3 unspecified atom stereocenters. The zero-order valence-corrected chi connectivity index (χ0v) is 15.4. The number of ether oxygens (including phenoxy) is 1. The average Bonchev–Trinajstić information content (AvgIpc) is 2.91. The molecule has 2 bridgehead atoms. The maximum absolute atomic E-state index is 14.4. The van der Waals surface area contributed by atoms with Crippen molar-refractivity contribution in [1.29, 1.82) is 5.26 Å². The zero-order valence-electron chi connectivity index (χ0n) is 15.4. The molecule has 2 fully saturated rings. The summed E-state index contributed by atoms with van der Waals surface area (Å²) in [5, 5.41) is 8.99. The zero-order chi connectivity index (χ0) is 18.7. The number of unbranched alkanes of at least 4 members (excludes halogenated alkanes) is 1. The second kappa shape index (κ2) is 7.94. The van der Waals surface area contributed by atoms with Crippen LogP contribution in [-0.2, 0) is 4.74 Å². The summed E-state index contributed by atoms with van der Waals surface area (Å²) in [6.07, 6.45) is 3.58. The Balaban J connectivity index is 1.68. The van der Waals surface area contributed by atoms with Crippen LogP contribution in [0.25, 0.3) is 0 Å². The normalized spacial score (nSPS) is 22.8. The van der Waals surface area contributed by atoms with Crippen LogP contribution in [0.3, 0.4) is 0 Å². The largest absolute Gasteiger partial charge is 0.449 e. The molecular weight excluding hydrogens is 333 g/mol. The number of anilines is 1. The lowest BCUT2D eigenvalue weighted by Crippen LogP contribution is -2.56. The van der Waals surface area contributed by atoms with E-state index in [4.69, 9.17) is 10.00 Å². The molecule has 2 heterocycles. The highest BCUT2D eigenvalue weighted by Gasteiger charge is 2.43. The lowest BCUT2D eigenvalue weighted by Gasteiger charge is -2.41. The van der Waals surface area contributed by atoms with Crippen LogP contribution in [0.5, 0.6) is 0 Å². The van der Waals surface area contributed by atoms with Gasteiger partial charge >= 0.3 is 6.09 Å². The summed E-state index contributed by atoms with van der Waals surface area (Å²) in [6.45, 7) is 5.61. The predicted octanol–water partition coefficient (Wildman–Crippen LogP) is 4.04.